The SMILES string of the molecule is O=C(NCCC(O)C(O)c1ccnc(C(F)(F)F)c1)OCc1ccccc1. The van der Waals surface area contributed by atoms with Crippen molar-refractivity contribution in [3.63, 3.8) is 0 Å². The number of aromatic nitrogens is 1. The van der Waals surface area contributed by atoms with Gasteiger partial charge in [0, 0.05) is 12.7 Å². The predicted octanol–water partition coefficient (Wildman–Crippen LogP) is 2.81. The molecule has 9 heteroatoms. The minimum absolute atomic E-state index is 0.0247. The Morgan fingerprint density at radius 1 is 1.19 bits per heavy atom. The fourth-order valence-corrected chi connectivity index (χ4v) is 2.26. The molecule has 2 unspecified atom stereocenters. The van der Waals surface area contributed by atoms with Gasteiger partial charge in [-0.25, -0.2) is 4.79 Å². The number of aliphatic hydroxyl groups is 2. The van der Waals surface area contributed by atoms with E-state index in [-0.39, 0.29) is 25.1 Å². The number of ether oxygens (including phenoxy) is 1. The highest BCUT2D eigenvalue weighted by atomic mass is 19.4. The van der Waals surface area contributed by atoms with Gasteiger partial charge in [-0.2, -0.15) is 13.2 Å². The average Bonchev–Trinajstić information content (AvgIpc) is 2.66. The van der Waals surface area contributed by atoms with Gasteiger partial charge < -0.3 is 20.3 Å². The van der Waals surface area contributed by atoms with E-state index in [4.69, 9.17) is 4.74 Å². The minimum Gasteiger partial charge on any atom is -0.445 e. The Kier molecular flexibility index (Phi) is 7.14. The minimum atomic E-state index is -4.65. The van der Waals surface area contributed by atoms with Gasteiger partial charge in [-0.05, 0) is 29.7 Å². The van der Waals surface area contributed by atoms with Crippen LogP contribution in [-0.4, -0.2) is 33.9 Å². The van der Waals surface area contributed by atoms with Crippen LogP contribution in [0.2, 0.25) is 0 Å². The van der Waals surface area contributed by atoms with Crippen molar-refractivity contribution in [2.75, 3.05) is 6.54 Å². The maximum Gasteiger partial charge on any atom is 0.433 e. The van der Waals surface area contributed by atoms with Crippen molar-refractivity contribution in [1.29, 1.82) is 0 Å². The molecule has 0 radical (unpaired) electrons. The van der Waals surface area contributed by atoms with Crippen LogP contribution in [0.4, 0.5) is 18.0 Å². The highest BCUT2D eigenvalue weighted by molar-refractivity contribution is 5.67. The van der Waals surface area contributed by atoms with E-state index in [9.17, 15) is 28.2 Å². The number of carbonyl (C=O) groups is 1. The van der Waals surface area contributed by atoms with E-state index in [0.717, 1.165) is 11.8 Å². The molecule has 0 fully saturated rings. The maximum absolute atomic E-state index is 12.7. The molecule has 27 heavy (non-hydrogen) atoms. The smallest absolute Gasteiger partial charge is 0.433 e. The molecule has 2 rings (SSSR count). The van der Waals surface area contributed by atoms with Crippen molar-refractivity contribution in [2.45, 2.75) is 31.4 Å². The van der Waals surface area contributed by atoms with Crippen LogP contribution in [-0.2, 0) is 17.5 Å². The zero-order valence-electron chi connectivity index (χ0n) is 14.2. The standard InChI is InChI=1S/C18H19F3N2O4/c19-18(20,21)15-10-13(6-8-22-15)16(25)14(24)7-9-23-17(26)27-11-12-4-2-1-3-5-12/h1-6,8,10,14,16,24-25H,7,9,11H2,(H,23,26). The van der Waals surface area contributed by atoms with Gasteiger partial charge in [0.1, 0.15) is 18.4 Å². The normalized spacial score (nSPS) is 13.7. The van der Waals surface area contributed by atoms with Gasteiger partial charge in [0.05, 0.1) is 6.10 Å². The molecule has 1 aromatic heterocycles. The third-order valence-corrected chi connectivity index (χ3v) is 3.70. The largest absolute Gasteiger partial charge is 0.445 e. The summed E-state index contributed by atoms with van der Waals surface area (Å²) in [6.45, 7) is 0.0537. The number of halogens is 3. The third kappa shape index (κ3) is 6.54. The summed E-state index contributed by atoms with van der Waals surface area (Å²) < 4.78 is 42.9. The first-order valence-corrected chi connectivity index (χ1v) is 8.11. The Bertz CT molecular complexity index is 741. The van der Waals surface area contributed by atoms with E-state index in [1.54, 1.807) is 24.3 Å². The summed E-state index contributed by atoms with van der Waals surface area (Å²) in [7, 11) is 0. The molecule has 0 aliphatic heterocycles. The molecule has 0 spiro atoms. The molecule has 1 heterocycles. The predicted molar refractivity (Wildman–Crippen MR) is 89.5 cm³/mol. The summed E-state index contributed by atoms with van der Waals surface area (Å²) in [5.41, 5.74) is -0.466. The Balaban J connectivity index is 1.78. The lowest BCUT2D eigenvalue weighted by atomic mass is 10.0. The summed E-state index contributed by atoms with van der Waals surface area (Å²) in [5, 5.41) is 22.4. The van der Waals surface area contributed by atoms with Gasteiger partial charge in [-0.15, -0.1) is 0 Å². The zero-order chi connectivity index (χ0) is 19.9. The lowest BCUT2D eigenvalue weighted by molar-refractivity contribution is -0.141. The van der Waals surface area contributed by atoms with E-state index in [1.807, 2.05) is 6.07 Å². The lowest BCUT2D eigenvalue weighted by Crippen LogP contribution is -2.29. The highest BCUT2D eigenvalue weighted by Crippen LogP contribution is 2.29. The van der Waals surface area contributed by atoms with Crippen LogP contribution in [0.5, 0.6) is 0 Å². The van der Waals surface area contributed by atoms with Crippen molar-refractivity contribution >= 4 is 6.09 Å². The third-order valence-electron chi connectivity index (χ3n) is 3.70. The van der Waals surface area contributed by atoms with Crippen molar-refractivity contribution in [3.8, 4) is 0 Å². The number of rotatable bonds is 7. The number of carbonyl (C=O) groups excluding carboxylic acids is 1. The van der Waals surface area contributed by atoms with E-state index in [1.165, 1.54) is 6.07 Å². The average molecular weight is 384 g/mol. The van der Waals surface area contributed by atoms with Crippen LogP contribution >= 0.6 is 0 Å². The van der Waals surface area contributed by atoms with Gasteiger partial charge >= 0.3 is 12.3 Å². The number of hydrogen-bond acceptors (Lipinski definition) is 5. The Morgan fingerprint density at radius 3 is 2.56 bits per heavy atom. The van der Waals surface area contributed by atoms with Crippen LogP contribution in [0.3, 0.4) is 0 Å². The molecule has 0 saturated heterocycles. The molecule has 0 aliphatic rings. The van der Waals surface area contributed by atoms with E-state index in [2.05, 4.69) is 10.3 Å². The molecule has 0 aliphatic carbocycles. The fraction of sp³-hybridized carbons (Fsp3) is 0.333. The summed E-state index contributed by atoms with van der Waals surface area (Å²) >= 11 is 0. The van der Waals surface area contributed by atoms with Gasteiger partial charge in [0.2, 0.25) is 0 Å². The lowest BCUT2D eigenvalue weighted by Gasteiger charge is -2.19. The summed E-state index contributed by atoms with van der Waals surface area (Å²) in [6.07, 6.45) is -7.44. The second-order valence-electron chi connectivity index (χ2n) is 5.76. The first-order chi connectivity index (χ1) is 12.8. The number of hydrogen-bond donors (Lipinski definition) is 3. The molecule has 3 N–H and O–H groups in total. The molecule has 6 nitrogen and oxygen atoms in total. The van der Waals surface area contributed by atoms with Gasteiger partial charge in [-0.1, -0.05) is 30.3 Å². The molecule has 1 aromatic carbocycles. The quantitative estimate of drug-likeness (QED) is 0.683. The van der Waals surface area contributed by atoms with Crippen molar-refractivity contribution in [1.82, 2.24) is 10.3 Å². The van der Waals surface area contributed by atoms with Crippen LogP contribution in [0, 0.1) is 0 Å². The van der Waals surface area contributed by atoms with E-state index in [0.29, 0.717) is 6.07 Å². The first kappa shape index (κ1) is 20.7. The second-order valence-corrected chi connectivity index (χ2v) is 5.76. The van der Waals surface area contributed by atoms with E-state index < -0.39 is 30.2 Å². The topological polar surface area (TPSA) is 91.7 Å². The Labute approximate surface area is 153 Å². The number of amides is 1. The molecule has 0 bridgehead atoms. The fourth-order valence-electron chi connectivity index (χ4n) is 2.26. The summed E-state index contributed by atoms with van der Waals surface area (Å²) in [4.78, 5) is 14.8. The maximum atomic E-state index is 12.7. The number of pyridine rings is 1. The van der Waals surface area contributed by atoms with Crippen LogP contribution in [0.1, 0.15) is 29.3 Å². The molecular weight excluding hydrogens is 365 g/mol. The van der Waals surface area contributed by atoms with Crippen LogP contribution < -0.4 is 5.32 Å². The van der Waals surface area contributed by atoms with Gasteiger partial charge in [0.25, 0.3) is 0 Å². The van der Waals surface area contributed by atoms with Crippen LogP contribution in [0.15, 0.2) is 48.7 Å². The Hall–Kier alpha value is -2.65. The molecule has 0 saturated carbocycles. The van der Waals surface area contributed by atoms with Crippen molar-refractivity contribution in [2.24, 2.45) is 0 Å². The summed E-state index contributed by atoms with van der Waals surface area (Å²) in [6, 6.07) is 10.9. The number of nitrogens with zero attached hydrogens (tertiary/aromatic N) is 1. The molecular formula is C18H19F3N2O4. The van der Waals surface area contributed by atoms with Crippen molar-refractivity contribution in [3.05, 3.63) is 65.5 Å². The second kappa shape index (κ2) is 9.33. The highest BCUT2D eigenvalue weighted by Gasteiger charge is 2.33. The number of alkyl carbamates (subject to hydrolysis) is 1. The van der Waals surface area contributed by atoms with E-state index >= 15 is 0 Å². The zero-order valence-corrected chi connectivity index (χ0v) is 14.2. The number of nitrogens with one attached hydrogen (secondary N) is 1. The molecule has 1 amide bonds. The number of aliphatic hydroxyl groups excluding tert-OH is 2. The number of alkyl halides is 3. The molecule has 146 valence electrons. The summed E-state index contributed by atoms with van der Waals surface area (Å²) in [5.74, 6) is 0. The first-order valence-electron chi connectivity index (χ1n) is 8.11. The Morgan fingerprint density at radius 2 is 1.89 bits per heavy atom. The van der Waals surface area contributed by atoms with Gasteiger partial charge in [-0.3, -0.25) is 4.98 Å². The molecule has 2 aromatic rings. The van der Waals surface area contributed by atoms with Crippen LogP contribution in [0.25, 0.3) is 0 Å². The number of benzene rings is 1. The van der Waals surface area contributed by atoms with Gasteiger partial charge in [0.15, 0.2) is 0 Å². The van der Waals surface area contributed by atoms with Crippen molar-refractivity contribution < 1.29 is 32.9 Å². The molecule has 2 atom stereocenters. The monoisotopic (exact) mass is 384 g/mol.